The SMILES string of the molecule is [B][C@@H]1O[C@H](/C=C/P(=C)(O)O)C(O)[C@@H]1OC. The van der Waals surface area contributed by atoms with Gasteiger partial charge < -0.3 is 24.4 Å². The van der Waals surface area contributed by atoms with Crippen LogP contribution in [0.25, 0.3) is 0 Å². The summed E-state index contributed by atoms with van der Waals surface area (Å²) in [6.45, 7) is 0. The van der Waals surface area contributed by atoms with Gasteiger partial charge in [0.1, 0.15) is 33.5 Å². The van der Waals surface area contributed by atoms with Gasteiger partial charge in [-0.25, -0.2) is 0 Å². The van der Waals surface area contributed by atoms with E-state index >= 15 is 0 Å². The molecule has 0 saturated carbocycles. The van der Waals surface area contributed by atoms with Crippen molar-refractivity contribution in [2.75, 3.05) is 7.11 Å². The molecule has 0 aliphatic carbocycles. The van der Waals surface area contributed by atoms with Crippen molar-refractivity contribution in [2.24, 2.45) is 0 Å². The number of aliphatic hydroxyl groups is 1. The molecule has 1 heterocycles. The van der Waals surface area contributed by atoms with E-state index < -0.39 is 31.7 Å². The van der Waals surface area contributed by atoms with E-state index in [2.05, 4.69) is 6.30 Å². The molecule has 0 amide bonds. The number of hydrogen-bond acceptors (Lipinski definition) is 5. The highest BCUT2D eigenvalue weighted by atomic mass is 31.2. The van der Waals surface area contributed by atoms with Crippen LogP contribution in [-0.2, 0) is 9.47 Å². The van der Waals surface area contributed by atoms with Gasteiger partial charge in [0.05, 0.1) is 0 Å². The molecule has 1 aliphatic rings. The Hall–Kier alpha value is -0.0951. The maximum Gasteiger partial charge on any atom is 0.134 e. The van der Waals surface area contributed by atoms with E-state index in [0.29, 0.717) is 0 Å². The lowest BCUT2D eigenvalue weighted by Crippen LogP contribution is -2.33. The molecule has 1 aliphatic heterocycles. The second-order valence-corrected chi connectivity index (χ2v) is 5.25. The fourth-order valence-corrected chi connectivity index (χ4v) is 1.82. The van der Waals surface area contributed by atoms with E-state index in [9.17, 15) is 5.11 Å². The molecular formula is C8H14BO5P. The van der Waals surface area contributed by atoms with Crippen molar-refractivity contribution in [2.45, 2.75) is 24.3 Å². The van der Waals surface area contributed by atoms with Gasteiger partial charge in [-0.2, -0.15) is 0 Å². The standard InChI is InChI=1S/C8H14BO5P/c1-13-7-6(10)5(14-8(7)9)3-4-15(2,11)12/h3-8,10-12H,2H2,1H3/b4-3+/t5-,6?,7+,8-/m1/s1. The van der Waals surface area contributed by atoms with E-state index in [4.69, 9.17) is 27.1 Å². The van der Waals surface area contributed by atoms with Crippen LogP contribution in [0.2, 0.25) is 0 Å². The largest absolute Gasteiger partial charge is 0.387 e. The Kier molecular flexibility index (Phi) is 4.17. The van der Waals surface area contributed by atoms with Crippen LogP contribution < -0.4 is 0 Å². The van der Waals surface area contributed by atoms with Crippen molar-refractivity contribution in [3.63, 3.8) is 0 Å². The molecule has 1 saturated heterocycles. The van der Waals surface area contributed by atoms with Crippen molar-refractivity contribution >= 4 is 21.5 Å². The van der Waals surface area contributed by atoms with E-state index in [1.54, 1.807) is 0 Å². The normalized spacial score (nSPS) is 37.6. The zero-order valence-electron chi connectivity index (χ0n) is 8.35. The van der Waals surface area contributed by atoms with Gasteiger partial charge >= 0.3 is 0 Å². The van der Waals surface area contributed by atoms with Crippen molar-refractivity contribution in [3.05, 3.63) is 11.9 Å². The fraction of sp³-hybridized carbons (Fsp3) is 0.625. The maximum absolute atomic E-state index is 9.66. The third-order valence-corrected chi connectivity index (χ3v) is 2.75. The second kappa shape index (κ2) is 4.83. The number of rotatable bonds is 3. The molecule has 0 spiro atoms. The molecule has 2 radical (unpaired) electrons. The first-order chi connectivity index (χ1) is 6.85. The van der Waals surface area contributed by atoms with Gasteiger partial charge in [0, 0.05) is 13.1 Å². The Morgan fingerprint density at radius 2 is 2.13 bits per heavy atom. The average Bonchev–Trinajstić information content (AvgIpc) is 2.37. The predicted molar refractivity (Wildman–Crippen MR) is 58.8 cm³/mol. The zero-order chi connectivity index (χ0) is 11.6. The summed E-state index contributed by atoms with van der Waals surface area (Å²) in [5.41, 5.74) is 0. The number of hydrogen-bond donors (Lipinski definition) is 3. The van der Waals surface area contributed by atoms with Crippen LogP contribution in [0.5, 0.6) is 0 Å². The Bertz CT molecular complexity index is 289. The van der Waals surface area contributed by atoms with Gasteiger partial charge in [-0.3, -0.25) is 0 Å². The van der Waals surface area contributed by atoms with Crippen LogP contribution in [-0.4, -0.2) is 60.5 Å². The van der Waals surface area contributed by atoms with Crippen molar-refractivity contribution in [3.8, 4) is 0 Å². The lowest BCUT2D eigenvalue weighted by atomic mass is 9.93. The number of methoxy groups -OCH3 is 1. The average molecular weight is 232 g/mol. The minimum atomic E-state index is -3.25. The van der Waals surface area contributed by atoms with Gasteiger partial charge in [-0.05, 0) is 18.2 Å². The summed E-state index contributed by atoms with van der Waals surface area (Å²) in [7, 11) is 3.71. The van der Waals surface area contributed by atoms with E-state index in [0.717, 1.165) is 5.82 Å². The summed E-state index contributed by atoms with van der Waals surface area (Å²) in [4.78, 5) is 18.0. The summed E-state index contributed by atoms with van der Waals surface area (Å²) < 4.78 is 10.1. The summed E-state index contributed by atoms with van der Waals surface area (Å²) in [5.74, 6) is 1.12. The van der Waals surface area contributed by atoms with Crippen LogP contribution in [0, 0.1) is 0 Å². The first kappa shape index (κ1) is 13.0. The smallest absolute Gasteiger partial charge is 0.134 e. The highest BCUT2D eigenvalue weighted by molar-refractivity contribution is 7.65. The molecule has 84 valence electrons. The van der Waals surface area contributed by atoms with Crippen LogP contribution in [0.15, 0.2) is 11.9 Å². The quantitative estimate of drug-likeness (QED) is 0.431. The summed E-state index contributed by atoms with van der Waals surface area (Å²) >= 11 is 0. The van der Waals surface area contributed by atoms with E-state index in [1.165, 1.54) is 13.2 Å². The highest BCUT2D eigenvalue weighted by Gasteiger charge is 2.39. The number of aliphatic hydroxyl groups excluding tert-OH is 1. The lowest BCUT2D eigenvalue weighted by Gasteiger charge is -2.15. The van der Waals surface area contributed by atoms with Gasteiger partial charge in [-0.15, -0.1) is 0 Å². The molecule has 0 aromatic heterocycles. The predicted octanol–water partition coefficient (Wildman–Crippen LogP) is -0.966. The Balaban J connectivity index is 2.67. The molecule has 1 rings (SSSR count). The van der Waals surface area contributed by atoms with Gasteiger partial charge in [0.15, 0.2) is 0 Å². The fourth-order valence-electron chi connectivity index (χ4n) is 1.38. The van der Waals surface area contributed by atoms with E-state index in [1.807, 2.05) is 0 Å². The molecular weight excluding hydrogens is 218 g/mol. The van der Waals surface area contributed by atoms with Crippen molar-refractivity contribution in [1.82, 2.24) is 0 Å². The Morgan fingerprint density at radius 1 is 1.53 bits per heavy atom. The molecule has 7 heteroatoms. The van der Waals surface area contributed by atoms with Crippen molar-refractivity contribution < 1.29 is 24.4 Å². The minimum absolute atomic E-state index is 0.616. The molecule has 0 aromatic rings. The van der Waals surface area contributed by atoms with Crippen LogP contribution in [0.1, 0.15) is 0 Å². The Morgan fingerprint density at radius 3 is 2.53 bits per heavy atom. The number of ether oxygens (including phenoxy) is 2. The van der Waals surface area contributed by atoms with Crippen LogP contribution in [0.4, 0.5) is 0 Å². The lowest BCUT2D eigenvalue weighted by molar-refractivity contribution is 0.00955. The molecule has 1 unspecified atom stereocenters. The topological polar surface area (TPSA) is 79.2 Å². The maximum atomic E-state index is 9.66. The summed E-state index contributed by atoms with van der Waals surface area (Å²) in [6, 6.07) is -0.727. The molecule has 3 N–H and O–H groups in total. The third kappa shape index (κ3) is 3.45. The monoisotopic (exact) mass is 232 g/mol. The molecule has 4 atom stereocenters. The van der Waals surface area contributed by atoms with Crippen LogP contribution >= 0.6 is 7.34 Å². The molecule has 1 fully saturated rings. The Labute approximate surface area is 89.9 Å². The summed E-state index contributed by atoms with van der Waals surface area (Å²) in [5, 5.41) is 9.66. The molecule has 15 heavy (non-hydrogen) atoms. The summed E-state index contributed by atoms with van der Waals surface area (Å²) in [6.07, 6.45) is 2.25. The highest BCUT2D eigenvalue weighted by Crippen LogP contribution is 2.36. The van der Waals surface area contributed by atoms with E-state index in [-0.39, 0.29) is 0 Å². The van der Waals surface area contributed by atoms with Crippen LogP contribution in [0.3, 0.4) is 0 Å². The first-order valence-corrected chi connectivity index (χ1v) is 6.30. The zero-order valence-corrected chi connectivity index (χ0v) is 9.25. The van der Waals surface area contributed by atoms with Gasteiger partial charge in [0.2, 0.25) is 0 Å². The molecule has 5 nitrogen and oxygen atoms in total. The van der Waals surface area contributed by atoms with Crippen molar-refractivity contribution in [1.29, 1.82) is 0 Å². The van der Waals surface area contributed by atoms with Gasteiger partial charge in [-0.1, -0.05) is 0 Å². The molecule has 0 bridgehead atoms. The third-order valence-electron chi connectivity index (χ3n) is 2.10. The van der Waals surface area contributed by atoms with Gasteiger partial charge in [0.25, 0.3) is 0 Å². The molecule has 0 aromatic carbocycles. The second-order valence-electron chi connectivity index (χ2n) is 3.38. The minimum Gasteiger partial charge on any atom is -0.387 e. The first-order valence-electron chi connectivity index (χ1n) is 4.35.